The number of hydrogen-bond acceptors (Lipinski definition) is 8. The van der Waals surface area contributed by atoms with Crippen LogP contribution in [0.3, 0.4) is 0 Å². The summed E-state index contributed by atoms with van der Waals surface area (Å²) in [6.45, 7) is 4.21. The van der Waals surface area contributed by atoms with Crippen molar-refractivity contribution in [1.29, 1.82) is 0 Å². The first-order valence-corrected chi connectivity index (χ1v) is 12.4. The molecule has 0 aromatic rings. The van der Waals surface area contributed by atoms with E-state index in [4.69, 9.17) is 22.9 Å². The monoisotopic (exact) mass is 518 g/mol. The van der Waals surface area contributed by atoms with E-state index in [0.717, 1.165) is 6.42 Å². The molecule has 12 N–H and O–H groups in total. The van der Waals surface area contributed by atoms with Gasteiger partial charge in [-0.25, -0.2) is 4.79 Å². The molecular formula is C21H42N8O5S. The van der Waals surface area contributed by atoms with Crippen LogP contribution < -0.4 is 38.9 Å². The quantitative estimate of drug-likeness (QED) is 0.0421. The van der Waals surface area contributed by atoms with E-state index >= 15 is 0 Å². The van der Waals surface area contributed by atoms with Gasteiger partial charge in [0.2, 0.25) is 17.7 Å². The molecule has 0 saturated carbocycles. The first-order valence-electron chi connectivity index (χ1n) is 11.7. The molecule has 0 aliphatic rings. The molecule has 14 heteroatoms. The molecule has 5 atom stereocenters. The number of hydrogen-bond donors (Lipinski definition) is 9. The van der Waals surface area contributed by atoms with Crippen LogP contribution in [-0.2, 0) is 19.2 Å². The number of amides is 3. The van der Waals surface area contributed by atoms with E-state index in [-0.39, 0.29) is 30.6 Å². The van der Waals surface area contributed by atoms with Gasteiger partial charge in [0, 0.05) is 12.3 Å². The van der Waals surface area contributed by atoms with E-state index in [1.54, 1.807) is 6.92 Å². The SMILES string of the molecule is CCC(C)C(NC(=O)C(CCCN=C(N)N)NC(=O)C(CS)NC(=O)C(N)CCCCN)C(=O)O. The van der Waals surface area contributed by atoms with Crippen LogP contribution in [0, 0.1) is 5.92 Å². The van der Waals surface area contributed by atoms with Crippen LogP contribution in [0.15, 0.2) is 4.99 Å². The van der Waals surface area contributed by atoms with Gasteiger partial charge in [-0.3, -0.25) is 19.4 Å². The summed E-state index contributed by atoms with van der Waals surface area (Å²) in [6.07, 6.45) is 2.79. The second kappa shape index (κ2) is 17.8. The van der Waals surface area contributed by atoms with Gasteiger partial charge in [0.15, 0.2) is 5.96 Å². The van der Waals surface area contributed by atoms with Crippen molar-refractivity contribution in [1.82, 2.24) is 16.0 Å². The average Bonchev–Trinajstić information content (AvgIpc) is 2.81. The van der Waals surface area contributed by atoms with Crippen molar-refractivity contribution in [3.63, 3.8) is 0 Å². The van der Waals surface area contributed by atoms with Gasteiger partial charge in [0.1, 0.15) is 18.1 Å². The minimum atomic E-state index is -1.18. The van der Waals surface area contributed by atoms with Crippen molar-refractivity contribution in [2.24, 2.45) is 33.8 Å². The number of rotatable bonds is 18. The zero-order valence-electron chi connectivity index (χ0n) is 20.5. The lowest BCUT2D eigenvalue weighted by Gasteiger charge is -2.26. The molecule has 0 spiro atoms. The van der Waals surface area contributed by atoms with Crippen LogP contribution in [0.2, 0.25) is 0 Å². The van der Waals surface area contributed by atoms with Crippen molar-refractivity contribution in [2.75, 3.05) is 18.8 Å². The highest BCUT2D eigenvalue weighted by atomic mass is 32.1. The number of guanidine groups is 1. The molecule has 0 fully saturated rings. The smallest absolute Gasteiger partial charge is 0.326 e. The van der Waals surface area contributed by atoms with Crippen molar-refractivity contribution >= 4 is 42.3 Å². The zero-order valence-corrected chi connectivity index (χ0v) is 21.4. The fraction of sp³-hybridized carbons (Fsp3) is 0.762. The van der Waals surface area contributed by atoms with Crippen LogP contribution >= 0.6 is 12.6 Å². The van der Waals surface area contributed by atoms with Crippen LogP contribution in [0.25, 0.3) is 0 Å². The lowest BCUT2D eigenvalue weighted by atomic mass is 9.98. The van der Waals surface area contributed by atoms with E-state index in [9.17, 15) is 24.3 Å². The molecule has 0 aromatic heterocycles. The Balaban J connectivity index is 5.37. The third-order valence-corrected chi connectivity index (χ3v) is 5.84. The van der Waals surface area contributed by atoms with Crippen molar-refractivity contribution in [3.8, 4) is 0 Å². The van der Waals surface area contributed by atoms with Gasteiger partial charge in [0.25, 0.3) is 0 Å². The van der Waals surface area contributed by atoms with Crippen LogP contribution in [0.1, 0.15) is 52.4 Å². The number of nitrogens with one attached hydrogen (secondary N) is 3. The highest BCUT2D eigenvalue weighted by Gasteiger charge is 2.31. The molecule has 0 aliphatic heterocycles. The minimum absolute atomic E-state index is 0.0416. The highest BCUT2D eigenvalue weighted by molar-refractivity contribution is 7.80. The Morgan fingerprint density at radius 2 is 1.54 bits per heavy atom. The molecule has 13 nitrogen and oxygen atoms in total. The number of aliphatic carboxylic acids is 1. The van der Waals surface area contributed by atoms with Gasteiger partial charge < -0.3 is 44.0 Å². The standard InChI is InChI=1S/C21H42N8O5S/c1-3-12(2)16(20(33)34)29-18(31)14(8-6-10-26-21(24)25)27-19(32)15(11-35)28-17(30)13(23)7-4-5-9-22/h12-16,35H,3-11,22-23H2,1-2H3,(H,27,32)(H,28,30)(H,29,31)(H,33,34)(H4,24,25,26). The molecule has 0 aliphatic carbocycles. The maximum absolute atomic E-state index is 12.9. The molecule has 0 radical (unpaired) electrons. The predicted molar refractivity (Wildman–Crippen MR) is 138 cm³/mol. The third-order valence-electron chi connectivity index (χ3n) is 5.48. The average molecular weight is 519 g/mol. The Morgan fingerprint density at radius 1 is 0.943 bits per heavy atom. The minimum Gasteiger partial charge on any atom is -0.480 e. The topological polar surface area (TPSA) is 241 Å². The van der Waals surface area contributed by atoms with Gasteiger partial charge in [-0.1, -0.05) is 26.7 Å². The van der Waals surface area contributed by atoms with Gasteiger partial charge in [0.05, 0.1) is 6.04 Å². The Morgan fingerprint density at radius 3 is 2.06 bits per heavy atom. The maximum atomic E-state index is 12.9. The van der Waals surface area contributed by atoms with Gasteiger partial charge in [-0.2, -0.15) is 12.6 Å². The van der Waals surface area contributed by atoms with Crippen LogP contribution in [-0.4, -0.2) is 77.8 Å². The van der Waals surface area contributed by atoms with Gasteiger partial charge in [-0.05, 0) is 38.1 Å². The number of aliphatic imine (C=N–C) groups is 1. The number of carboxylic acid groups (broad SMARTS) is 1. The zero-order chi connectivity index (χ0) is 27.0. The second-order valence-electron chi connectivity index (χ2n) is 8.35. The number of carbonyl (C=O) groups is 4. The first-order chi connectivity index (χ1) is 16.5. The molecule has 202 valence electrons. The van der Waals surface area contributed by atoms with Gasteiger partial charge in [-0.15, -0.1) is 0 Å². The number of unbranched alkanes of at least 4 members (excludes halogenated alkanes) is 1. The Bertz CT molecular complexity index is 720. The summed E-state index contributed by atoms with van der Waals surface area (Å²) in [5.41, 5.74) is 21.9. The first kappa shape index (κ1) is 32.4. The molecule has 3 amide bonds. The van der Waals surface area contributed by atoms with Gasteiger partial charge >= 0.3 is 5.97 Å². The summed E-state index contributed by atoms with van der Waals surface area (Å²) in [7, 11) is 0. The number of carbonyl (C=O) groups excluding carboxylic acids is 3. The fourth-order valence-corrected chi connectivity index (χ4v) is 3.35. The summed E-state index contributed by atoms with van der Waals surface area (Å²) < 4.78 is 0. The predicted octanol–water partition coefficient (Wildman–Crippen LogP) is -1.99. The molecule has 5 unspecified atom stereocenters. The normalized spacial score (nSPS) is 15.1. The lowest BCUT2D eigenvalue weighted by Crippen LogP contribution is -2.58. The molecular weight excluding hydrogens is 476 g/mol. The van der Waals surface area contributed by atoms with E-state index in [1.165, 1.54) is 0 Å². The Hall–Kier alpha value is -2.58. The fourth-order valence-electron chi connectivity index (χ4n) is 3.09. The summed E-state index contributed by atoms with van der Waals surface area (Å²) in [4.78, 5) is 53.6. The van der Waals surface area contributed by atoms with E-state index in [0.29, 0.717) is 32.2 Å². The largest absolute Gasteiger partial charge is 0.480 e. The second-order valence-corrected chi connectivity index (χ2v) is 8.72. The molecule has 0 bridgehead atoms. The number of carboxylic acids is 1. The number of nitrogens with zero attached hydrogens (tertiary/aromatic N) is 1. The molecule has 0 aromatic carbocycles. The third kappa shape index (κ3) is 13.2. The van der Waals surface area contributed by atoms with Crippen LogP contribution in [0.5, 0.6) is 0 Å². The van der Waals surface area contributed by atoms with E-state index < -0.39 is 47.9 Å². The lowest BCUT2D eigenvalue weighted by molar-refractivity contribution is -0.143. The van der Waals surface area contributed by atoms with Crippen molar-refractivity contribution in [2.45, 2.75) is 76.5 Å². The number of thiol groups is 1. The number of nitrogens with two attached hydrogens (primary N) is 4. The Labute approximate surface area is 212 Å². The van der Waals surface area contributed by atoms with Crippen LogP contribution in [0.4, 0.5) is 0 Å². The molecule has 0 heterocycles. The van der Waals surface area contributed by atoms with E-state index in [2.05, 4.69) is 33.6 Å². The summed E-state index contributed by atoms with van der Waals surface area (Å²) in [5, 5.41) is 17.1. The highest BCUT2D eigenvalue weighted by Crippen LogP contribution is 2.10. The van der Waals surface area contributed by atoms with Crippen molar-refractivity contribution in [3.05, 3.63) is 0 Å². The Kier molecular flexibility index (Phi) is 16.5. The molecule has 0 saturated heterocycles. The maximum Gasteiger partial charge on any atom is 0.326 e. The molecule has 35 heavy (non-hydrogen) atoms. The van der Waals surface area contributed by atoms with Crippen molar-refractivity contribution < 1.29 is 24.3 Å². The van der Waals surface area contributed by atoms with E-state index in [1.807, 2.05) is 6.92 Å². The summed E-state index contributed by atoms with van der Waals surface area (Å²) in [5.74, 6) is -3.51. The summed E-state index contributed by atoms with van der Waals surface area (Å²) in [6, 6.07) is -4.08. The molecule has 0 rings (SSSR count). The summed E-state index contributed by atoms with van der Waals surface area (Å²) >= 11 is 4.13.